The molecule has 0 saturated carbocycles. The summed E-state index contributed by atoms with van der Waals surface area (Å²) in [6.07, 6.45) is 1.68. The first-order valence-corrected chi connectivity index (χ1v) is 5.77. The number of nitrogens with one attached hydrogen (secondary N) is 1. The molecule has 90 valence electrons. The Morgan fingerprint density at radius 3 is 2.60 bits per heavy atom. The van der Waals surface area contributed by atoms with Crippen molar-refractivity contribution in [3.8, 4) is 0 Å². The molecule has 0 fully saturated rings. The van der Waals surface area contributed by atoms with Crippen LogP contribution in [-0.4, -0.2) is 48.2 Å². The van der Waals surface area contributed by atoms with Crippen molar-refractivity contribution < 1.29 is 9.90 Å². The second-order valence-electron chi connectivity index (χ2n) is 3.74. The monoisotopic (exact) mass is 216 g/mol. The largest absolute Gasteiger partial charge is 0.396 e. The predicted octanol–water partition coefficient (Wildman–Crippen LogP) is 0.605. The number of likely N-dealkylation sites (N-methyl/N-ethyl adjacent to an activating group) is 1. The van der Waals surface area contributed by atoms with Gasteiger partial charge < -0.3 is 15.3 Å². The molecule has 15 heavy (non-hydrogen) atoms. The van der Waals surface area contributed by atoms with E-state index in [4.69, 9.17) is 5.11 Å². The quantitative estimate of drug-likeness (QED) is 0.625. The van der Waals surface area contributed by atoms with E-state index >= 15 is 0 Å². The fourth-order valence-electron chi connectivity index (χ4n) is 1.24. The first-order chi connectivity index (χ1) is 7.15. The van der Waals surface area contributed by atoms with E-state index in [2.05, 4.69) is 19.2 Å². The minimum Gasteiger partial charge on any atom is -0.396 e. The molecule has 0 heterocycles. The van der Waals surface area contributed by atoms with Gasteiger partial charge in [0.15, 0.2) is 0 Å². The van der Waals surface area contributed by atoms with Crippen molar-refractivity contribution >= 4 is 5.91 Å². The van der Waals surface area contributed by atoms with Gasteiger partial charge >= 0.3 is 0 Å². The molecule has 0 aromatic heterocycles. The Hall–Kier alpha value is -0.610. The highest BCUT2D eigenvalue weighted by Gasteiger charge is 2.11. The van der Waals surface area contributed by atoms with E-state index in [1.807, 2.05) is 6.92 Å². The minimum absolute atomic E-state index is 0.117. The van der Waals surface area contributed by atoms with Crippen molar-refractivity contribution in [2.24, 2.45) is 0 Å². The smallest absolute Gasteiger partial charge is 0.236 e. The Labute approximate surface area is 92.7 Å². The lowest BCUT2D eigenvalue weighted by Crippen LogP contribution is -2.41. The molecule has 0 bridgehead atoms. The fourth-order valence-corrected chi connectivity index (χ4v) is 1.24. The average Bonchev–Trinajstić information content (AvgIpc) is 2.26. The van der Waals surface area contributed by atoms with Crippen molar-refractivity contribution in [2.45, 2.75) is 39.7 Å². The summed E-state index contributed by atoms with van der Waals surface area (Å²) < 4.78 is 0. The van der Waals surface area contributed by atoms with E-state index in [0.29, 0.717) is 32.1 Å². The molecule has 0 aromatic carbocycles. The van der Waals surface area contributed by atoms with Crippen molar-refractivity contribution in [1.82, 2.24) is 10.2 Å². The second kappa shape index (κ2) is 8.68. The van der Waals surface area contributed by atoms with Crippen molar-refractivity contribution in [3.63, 3.8) is 0 Å². The van der Waals surface area contributed by atoms with E-state index in [9.17, 15) is 4.79 Å². The first-order valence-electron chi connectivity index (χ1n) is 5.77. The molecular weight excluding hydrogens is 192 g/mol. The summed E-state index contributed by atoms with van der Waals surface area (Å²) in [5.74, 6) is 0.117. The zero-order valence-electron chi connectivity index (χ0n) is 10.1. The van der Waals surface area contributed by atoms with Gasteiger partial charge in [-0.05, 0) is 26.7 Å². The van der Waals surface area contributed by atoms with Gasteiger partial charge in [0.05, 0.1) is 6.54 Å². The van der Waals surface area contributed by atoms with Gasteiger partial charge in [0.25, 0.3) is 0 Å². The van der Waals surface area contributed by atoms with Crippen LogP contribution < -0.4 is 5.32 Å². The highest BCUT2D eigenvalue weighted by atomic mass is 16.3. The standard InChI is InChI=1S/C11H24N2O2/c1-4-10(3)12-9-11(15)13(5-2)7-6-8-14/h10,12,14H,4-9H2,1-3H3. The zero-order chi connectivity index (χ0) is 11.7. The van der Waals surface area contributed by atoms with Crippen LogP contribution in [0.4, 0.5) is 0 Å². The fraction of sp³-hybridized carbons (Fsp3) is 0.909. The van der Waals surface area contributed by atoms with Crippen LogP contribution >= 0.6 is 0 Å². The summed E-state index contributed by atoms with van der Waals surface area (Å²) in [6, 6.07) is 0.380. The van der Waals surface area contributed by atoms with Gasteiger partial charge in [-0.2, -0.15) is 0 Å². The van der Waals surface area contributed by atoms with E-state index < -0.39 is 0 Å². The topological polar surface area (TPSA) is 52.6 Å². The predicted molar refractivity (Wildman–Crippen MR) is 61.7 cm³/mol. The van der Waals surface area contributed by atoms with Crippen LogP contribution in [0.15, 0.2) is 0 Å². The number of carbonyl (C=O) groups excluding carboxylic acids is 1. The molecule has 4 heteroatoms. The van der Waals surface area contributed by atoms with Gasteiger partial charge in [0, 0.05) is 25.7 Å². The number of aliphatic hydroxyl groups is 1. The summed E-state index contributed by atoms with van der Waals surface area (Å²) in [5.41, 5.74) is 0. The number of carbonyl (C=O) groups is 1. The second-order valence-corrected chi connectivity index (χ2v) is 3.74. The summed E-state index contributed by atoms with van der Waals surface area (Å²) in [7, 11) is 0. The molecule has 0 rings (SSSR count). The molecule has 0 aliphatic carbocycles. The molecule has 1 amide bonds. The number of hydrogen-bond donors (Lipinski definition) is 2. The van der Waals surface area contributed by atoms with Crippen LogP contribution in [-0.2, 0) is 4.79 Å². The summed E-state index contributed by atoms with van der Waals surface area (Å²) >= 11 is 0. The SMILES string of the molecule is CCC(C)NCC(=O)N(CC)CCCO. The molecule has 0 aliphatic rings. The van der Waals surface area contributed by atoms with Gasteiger partial charge in [-0.25, -0.2) is 0 Å². The highest BCUT2D eigenvalue weighted by Crippen LogP contribution is 1.93. The van der Waals surface area contributed by atoms with Crippen LogP contribution in [0.1, 0.15) is 33.6 Å². The molecule has 1 unspecified atom stereocenters. The average molecular weight is 216 g/mol. The number of hydrogen-bond acceptors (Lipinski definition) is 3. The maximum atomic E-state index is 11.7. The van der Waals surface area contributed by atoms with Crippen LogP contribution in [0.2, 0.25) is 0 Å². The lowest BCUT2D eigenvalue weighted by molar-refractivity contribution is -0.130. The third-order valence-corrected chi connectivity index (χ3v) is 2.53. The van der Waals surface area contributed by atoms with E-state index in [-0.39, 0.29) is 12.5 Å². The van der Waals surface area contributed by atoms with E-state index in [1.165, 1.54) is 0 Å². The van der Waals surface area contributed by atoms with Gasteiger partial charge in [0.2, 0.25) is 5.91 Å². The van der Waals surface area contributed by atoms with Crippen LogP contribution in [0.25, 0.3) is 0 Å². The number of aliphatic hydroxyl groups excluding tert-OH is 1. The van der Waals surface area contributed by atoms with Crippen LogP contribution in [0, 0.1) is 0 Å². The highest BCUT2D eigenvalue weighted by molar-refractivity contribution is 5.78. The molecule has 0 aliphatic heterocycles. The number of nitrogens with zero attached hydrogens (tertiary/aromatic N) is 1. The Balaban J connectivity index is 3.82. The normalized spacial score (nSPS) is 12.5. The third kappa shape index (κ3) is 6.47. The molecular formula is C11H24N2O2. The first kappa shape index (κ1) is 14.4. The van der Waals surface area contributed by atoms with Crippen molar-refractivity contribution in [3.05, 3.63) is 0 Å². The number of amides is 1. The van der Waals surface area contributed by atoms with Gasteiger partial charge in [0.1, 0.15) is 0 Å². The maximum absolute atomic E-state index is 11.7. The Kier molecular flexibility index (Phi) is 8.33. The van der Waals surface area contributed by atoms with E-state index in [0.717, 1.165) is 6.42 Å². The van der Waals surface area contributed by atoms with Gasteiger partial charge in [-0.1, -0.05) is 6.92 Å². The van der Waals surface area contributed by atoms with E-state index in [1.54, 1.807) is 4.90 Å². The van der Waals surface area contributed by atoms with Crippen LogP contribution in [0.3, 0.4) is 0 Å². The Morgan fingerprint density at radius 1 is 1.47 bits per heavy atom. The maximum Gasteiger partial charge on any atom is 0.236 e. The Bertz CT molecular complexity index is 174. The number of rotatable bonds is 8. The molecule has 0 aromatic rings. The van der Waals surface area contributed by atoms with Crippen molar-refractivity contribution in [1.29, 1.82) is 0 Å². The lowest BCUT2D eigenvalue weighted by atomic mass is 10.2. The molecule has 1 atom stereocenters. The molecule has 0 spiro atoms. The summed E-state index contributed by atoms with van der Waals surface area (Å²) in [6.45, 7) is 8.01. The Morgan fingerprint density at radius 2 is 2.13 bits per heavy atom. The molecule has 0 saturated heterocycles. The minimum atomic E-state index is 0.117. The summed E-state index contributed by atoms with van der Waals surface area (Å²) in [4.78, 5) is 13.5. The third-order valence-electron chi connectivity index (χ3n) is 2.53. The molecule has 4 nitrogen and oxygen atoms in total. The molecule has 2 N–H and O–H groups in total. The zero-order valence-corrected chi connectivity index (χ0v) is 10.1. The summed E-state index contributed by atoms with van der Waals surface area (Å²) in [5, 5.41) is 11.9. The van der Waals surface area contributed by atoms with Gasteiger partial charge in [-0.15, -0.1) is 0 Å². The van der Waals surface area contributed by atoms with Crippen LogP contribution in [0.5, 0.6) is 0 Å². The van der Waals surface area contributed by atoms with Gasteiger partial charge in [-0.3, -0.25) is 4.79 Å². The lowest BCUT2D eigenvalue weighted by Gasteiger charge is -2.21. The molecule has 0 radical (unpaired) electrons. The van der Waals surface area contributed by atoms with Crippen molar-refractivity contribution in [2.75, 3.05) is 26.2 Å².